The number of hydrogen-bond acceptors (Lipinski definition) is 2. The highest BCUT2D eigenvalue weighted by Crippen LogP contribution is 2.46. The number of fused-ring (bicyclic) bond motifs is 1. The van der Waals surface area contributed by atoms with Gasteiger partial charge >= 0.3 is 0 Å². The van der Waals surface area contributed by atoms with Gasteiger partial charge in [0.1, 0.15) is 6.17 Å². The minimum Gasteiger partial charge on any atom is -0.336 e. The second-order valence-electron chi connectivity index (χ2n) is 6.91. The van der Waals surface area contributed by atoms with Gasteiger partial charge in [-0.15, -0.1) is 0 Å². The first-order valence-electron chi connectivity index (χ1n) is 9.20. The third-order valence-electron chi connectivity index (χ3n) is 5.30. The van der Waals surface area contributed by atoms with E-state index in [1.165, 1.54) is 0 Å². The average molecular weight is 437 g/mol. The van der Waals surface area contributed by atoms with Crippen molar-refractivity contribution >= 4 is 46.3 Å². The number of hydrogen-bond donors (Lipinski definition) is 2. The van der Waals surface area contributed by atoms with E-state index < -0.39 is 5.66 Å². The Morgan fingerprint density at radius 2 is 1.41 bits per heavy atom. The van der Waals surface area contributed by atoms with Crippen LogP contribution in [0.25, 0.3) is 0 Å². The maximum atomic E-state index is 6.69. The molecule has 3 aromatic rings. The normalized spacial score (nSPS) is 23.0. The van der Waals surface area contributed by atoms with Crippen molar-refractivity contribution in [2.75, 3.05) is 0 Å². The highest BCUT2D eigenvalue weighted by atomic mass is 35.5. The number of thiocarbonyl (C=S) groups is 2. The lowest BCUT2D eigenvalue weighted by Gasteiger charge is -2.38. The van der Waals surface area contributed by atoms with Crippen molar-refractivity contribution in [1.82, 2.24) is 20.7 Å². The third-order valence-corrected chi connectivity index (χ3v) is 6.21. The van der Waals surface area contributed by atoms with Gasteiger partial charge in [-0.25, -0.2) is 10.0 Å². The minimum atomic E-state index is -0.843. The molecule has 2 unspecified atom stereocenters. The fourth-order valence-electron chi connectivity index (χ4n) is 4.06. The van der Waals surface area contributed by atoms with E-state index in [1.807, 2.05) is 70.7 Å². The molecular weight excluding hydrogens is 420 g/mol. The minimum absolute atomic E-state index is 0.197. The van der Waals surface area contributed by atoms with E-state index >= 15 is 0 Å². The first kappa shape index (κ1) is 18.4. The lowest BCUT2D eigenvalue weighted by Crippen LogP contribution is -2.53. The van der Waals surface area contributed by atoms with Crippen LogP contribution in [-0.4, -0.2) is 20.2 Å². The van der Waals surface area contributed by atoms with Gasteiger partial charge in [0, 0.05) is 16.1 Å². The van der Waals surface area contributed by atoms with Crippen LogP contribution in [0, 0.1) is 0 Å². The molecule has 0 aromatic heterocycles. The zero-order chi connectivity index (χ0) is 20.0. The Morgan fingerprint density at radius 3 is 2.10 bits per heavy atom. The van der Waals surface area contributed by atoms with E-state index in [2.05, 4.69) is 34.9 Å². The zero-order valence-corrected chi connectivity index (χ0v) is 17.6. The second kappa shape index (κ2) is 6.99. The highest BCUT2D eigenvalue weighted by molar-refractivity contribution is 7.80. The maximum Gasteiger partial charge on any atom is 0.192 e. The Kier molecular flexibility index (Phi) is 4.42. The summed E-state index contributed by atoms with van der Waals surface area (Å²) in [5.74, 6) is 0. The summed E-state index contributed by atoms with van der Waals surface area (Å²) >= 11 is 18.3. The Labute approximate surface area is 185 Å². The van der Waals surface area contributed by atoms with Crippen LogP contribution >= 0.6 is 36.0 Å². The van der Waals surface area contributed by atoms with Crippen LogP contribution in [-0.2, 0) is 5.66 Å². The summed E-state index contributed by atoms with van der Waals surface area (Å²) < 4.78 is 0. The van der Waals surface area contributed by atoms with Crippen molar-refractivity contribution in [3.05, 3.63) is 107 Å². The summed E-state index contributed by atoms with van der Waals surface area (Å²) in [5.41, 5.74) is 2.11. The highest BCUT2D eigenvalue weighted by Gasteiger charge is 2.58. The van der Waals surface area contributed by atoms with E-state index in [-0.39, 0.29) is 6.17 Å². The average Bonchev–Trinajstić information content (AvgIpc) is 3.27. The molecule has 0 aliphatic carbocycles. The third kappa shape index (κ3) is 2.71. The molecule has 2 fully saturated rings. The molecule has 5 rings (SSSR count). The van der Waals surface area contributed by atoms with Gasteiger partial charge in [0.25, 0.3) is 0 Å². The molecule has 2 aliphatic rings. The molecule has 0 bridgehead atoms. The predicted molar refractivity (Wildman–Crippen MR) is 123 cm³/mol. The first-order chi connectivity index (χ1) is 14.1. The molecule has 0 spiro atoms. The number of nitrogens with one attached hydrogen (secondary N) is 2. The van der Waals surface area contributed by atoms with Crippen LogP contribution in [0.3, 0.4) is 0 Å². The van der Waals surface area contributed by atoms with Crippen LogP contribution in [0.15, 0.2) is 84.9 Å². The van der Waals surface area contributed by atoms with Crippen LogP contribution in [0.2, 0.25) is 5.02 Å². The van der Waals surface area contributed by atoms with Crippen molar-refractivity contribution in [2.24, 2.45) is 0 Å². The summed E-state index contributed by atoms with van der Waals surface area (Å²) in [6, 6.07) is 28.0. The summed E-state index contributed by atoms with van der Waals surface area (Å²) in [6.45, 7) is 0. The van der Waals surface area contributed by atoms with Crippen molar-refractivity contribution in [3.8, 4) is 0 Å². The largest absolute Gasteiger partial charge is 0.336 e. The second-order valence-corrected chi connectivity index (χ2v) is 8.09. The molecule has 0 radical (unpaired) electrons. The van der Waals surface area contributed by atoms with Crippen LogP contribution in [0.5, 0.6) is 0 Å². The number of halogens is 1. The van der Waals surface area contributed by atoms with Gasteiger partial charge in [0.15, 0.2) is 15.9 Å². The number of benzene rings is 3. The van der Waals surface area contributed by atoms with Crippen LogP contribution in [0.4, 0.5) is 0 Å². The quantitative estimate of drug-likeness (QED) is 0.586. The number of rotatable bonds is 3. The lowest BCUT2D eigenvalue weighted by atomic mass is 9.91. The Balaban J connectivity index is 1.73. The van der Waals surface area contributed by atoms with Crippen LogP contribution in [0.1, 0.15) is 22.9 Å². The van der Waals surface area contributed by atoms with Gasteiger partial charge in [-0.1, -0.05) is 90.5 Å². The fourth-order valence-corrected chi connectivity index (χ4v) is 5.01. The molecule has 3 aromatic carbocycles. The molecule has 0 saturated carbocycles. The number of nitrogens with zero attached hydrogens (tertiary/aromatic N) is 2. The molecule has 2 saturated heterocycles. The smallest absolute Gasteiger partial charge is 0.192 e. The van der Waals surface area contributed by atoms with E-state index in [1.54, 1.807) is 0 Å². The number of hydrazine groups is 1. The molecule has 4 nitrogen and oxygen atoms in total. The monoisotopic (exact) mass is 436 g/mol. The van der Waals surface area contributed by atoms with Crippen molar-refractivity contribution in [2.45, 2.75) is 11.8 Å². The van der Waals surface area contributed by atoms with E-state index in [9.17, 15) is 0 Å². The Hall–Kier alpha value is -2.67. The van der Waals surface area contributed by atoms with Gasteiger partial charge in [0.05, 0.1) is 0 Å². The summed E-state index contributed by atoms with van der Waals surface area (Å²) in [5, 5.41) is 12.8. The zero-order valence-electron chi connectivity index (χ0n) is 15.2. The molecule has 29 heavy (non-hydrogen) atoms. The standard InChI is InChI=1S/C22H17ClN4S2/c23-18-14-8-7-13-17(18)22(16-11-5-2-6-12-16)25-21(29)26-19(24-20(28)27(22)26)15-9-3-1-4-10-15/h1-14,19H,(H,24,28)(H,25,29). The molecule has 144 valence electrons. The van der Waals surface area contributed by atoms with Crippen molar-refractivity contribution < 1.29 is 0 Å². The predicted octanol–water partition coefficient (Wildman–Crippen LogP) is 4.54. The molecule has 2 N–H and O–H groups in total. The molecule has 2 atom stereocenters. The van der Waals surface area contributed by atoms with Gasteiger partial charge in [0.2, 0.25) is 0 Å². The van der Waals surface area contributed by atoms with E-state index in [0.717, 1.165) is 16.7 Å². The molecule has 2 aliphatic heterocycles. The van der Waals surface area contributed by atoms with Gasteiger partial charge < -0.3 is 10.6 Å². The molecule has 7 heteroatoms. The molecule has 2 heterocycles. The van der Waals surface area contributed by atoms with E-state index in [0.29, 0.717) is 15.2 Å². The van der Waals surface area contributed by atoms with Gasteiger partial charge in [-0.3, -0.25) is 0 Å². The Bertz CT molecular complexity index is 1090. The molecule has 0 amide bonds. The summed E-state index contributed by atoms with van der Waals surface area (Å²) in [4.78, 5) is 0. The Morgan fingerprint density at radius 1 is 0.793 bits per heavy atom. The van der Waals surface area contributed by atoms with E-state index in [4.69, 9.17) is 36.0 Å². The maximum absolute atomic E-state index is 6.69. The topological polar surface area (TPSA) is 30.5 Å². The summed E-state index contributed by atoms with van der Waals surface area (Å²) in [7, 11) is 0. The lowest BCUT2D eigenvalue weighted by molar-refractivity contribution is 0.0675. The van der Waals surface area contributed by atoms with Gasteiger partial charge in [-0.2, -0.15) is 0 Å². The first-order valence-corrected chi connectivity index (χ1v) is 10.4. The SMILES string of the molecule is S=C1NC(c2ccccc2)(c2ccccc2Cl)N2C(=S)NC(c3ccccc3)N12. The van der Waals surface area contributed by atoms with Crippen LogP contribution < -0.4 is 10.6 Å². The van der Waals surface area contributed by atoms with Crippen molar-refractivity contribution in [3.63, 3.8) is 0 Å². The van der Waals surface area contributed by atoms with Gasteiger partial charge in [-0.05, 0) is 36.1 Å². The molecular formula is C22H17ClN4S2. The fraction of sp³-hybridized carbons (Fsp3) is 0.0909. The summed E-state index contributed by atoms with van der Waals surface area (Å²) in [6.07, 6.45) is -0.197. The van der Waals surface area contributed by atoms with Crippen molar-refractivity contribution in [1.29, 1.82) is 0 Å².